The first-order valence-corrected chi connectivity index (χ1v) is 5.53. The van der Waals surface area contributed by atoms with Gasteiger partial charge >= 0.3 is 0 Å². The number of nitrogens with zero attached hydrogens (tertiary/aromatic N) is 4. The van der Waals surface area contributed by atoms with Crippen LogP contribution in [0.25, 0.3) is 21.3 Å². The van der Waals surface area contributed by atoms with E-state index in [4.69, 9.17) is 0 Å². The summed E-state index contributed by atoms with van der Waals surface area (Å²) in [6.45, 7) is 7.31. The van der Waals surface area contributed by atoms with E-state index in [0.29, 0.717) is 0 Å². The molecule has 0 N–H and O–H groups in total. The molecule has 0 amide bonds. The van der Waals surface area contributed by atoms with E-state index in [1.807, 2.05) is 0 Å². The molecule has 0 unspecified atom stereocenters. The Hall–Kier alpha value is 0.346. The Morgan fingerprint density at radius 1 is 0.400 bits per heavy atom. The summed E-state index contributed by atoms with van der Waals surface area (Å²) in [5, 5.41) is 17.5. The Labute approximate surface area is 104 Å². The third-order valence-electron chi connectivity index (χ3n) is 2.10. The van der Waals surface area contributed by atoms with E-state index in [-0.39, 0.29) is 16.8 Å². The largest absolute Gasteiger partial charge is 0.664 e. The van der Waals surface area contributed by atoms with Gasteiger partial charge in [-0.25, -0.2) is 0 Å². The summed E-state index contributed by atoms with van der Waals surface area (Å²) in [7, 11) is 0. The molecule has 0 saturated carbocycles. The van der Waals surface area contributed by atoms with Gasteiger partial charge in [-0.1, -0.05) is 12.8 Å². The van der Waals surface area contributed by atoms with Gasteiger partial charge in [0.15, 0.2) is 0 Å². The van der Waals surface area contributed by atoms with Gasteiger partial charge < -0.3 is 21.3 Å². The molecule has 5 heteroatoms. The second-order valence-corrected chi connectivity index (χ2v) is 3.39. The van der Waals surface area contributed by atoms with Crippen molar-refractivity contribution in [1.82, 2.24) is 0 Å². The van der Waals surface area contributed by atoms with Gasteiger partial charge in [-0.2, -0.15) is 52.4 Å². The predicted molar refractivity (Wildman–Crippen MR) is 61.6 cm³/mol. The van der Waals surface area contributed by atoms with Crippen molar-refractivity contribution < 1.29 is 16.8 Å². The van der Waals surface area contributed by atoms with Crippen LogP contribution in [0.3, 0.4) is 0 Å². The molecule has 1 saturated heterocycles. The second kappa shape index (κ2) is 12.4. The van der Waals surface area contributed by atoms with Gasteiger partial charge in [0.2, 0.25) is 0 Å². The van der Waals surface area contributed by atoms with E-state index in [1.165, 1.54) is 0 Å². The Balaban J connectivity index is 0.00000196. The smallest absolute Gasteiger partial charge is 0 e. The van der Waals surface area contributed by atoms with Crippen LogP contribution in [-0.4, -0.2) is 52.4 Å². The normalized spacial score (nSPS) is 22.4. The summed E-state index contributed by atoms with van der Waals surface area (Å²) < 4.78 is 0. The van der Waals surface area contributed by atoms with E-state index in [2.05, 4.69) is 21.3 Å². The van der Waals surface area contributed by atoms with Crippen LogP contribution in [0.4, 0.5) is 0 Å². The molecule has 0 atom stereocenters. The molecule has 1 fully saturated rings. The molecular formula is C10H20CoN4-4. The predicted octanol–water partition coefficient (Wildman–Crippen LogP) is 2.27. The summed E-state index contributed by atoms with van der Waals surface area (Å²) in [5.74, 6) is 0. The zero-order valence-electron chi connectivity index (χ0n) is 9.19. The van der Waals surface area contributed by atoms with Gasteiger partial charge in [-0.05, 0) is 0 Å². The molecule has 93 valence electrons. The minimum Gasteiger partial charge on any atom is -0.664 e. The maximum atomic E-state index is 4.38. The van der Waals surface area contributed by atoms with E-state index in [1.54, 1.807) is 0 Å². The first kappa shape index (κ1) is 15.3. The van der Waals surface area contributed by atoms with Crippen LogP contribution in [0.5, 0.6) is 0 Å². The zero-order valence-corrected chi connectivity index (χ0v) is 10.2. The average Bonchev–Trinajstić information content (AvgIpc) is 2.22. The first-order chi connectivity index (χ1) is 7.00. The van der Waals surface area contributed by atoms with Gasteiger partial charge in [0.25, 0.3) is 0 Å². The van der Waals surface area contributed by atoms with Crippen LogP contribution in [0.2, 0.25) is 0 Å². The van der Waals surface area contributed by atoms with E-state index >= 15 is 0 Å². The Morgan fingerprint density at radius 3 is 0.933 bits per heavy atom. The van der Waals surface area contributed by atoms with Crippen LogP contribution >= 0.6 is 0 Å². The van der Waals surface area contributed by atoms with E-state index < -0.39 is 0 Å². The summed E-state index contributed by atoms with van der Waals surface area (Å²) in [6.07, 6.45) is 2.17. The van der Waals surface area contributed by atoms with Crippen molar-refractivity contribution in [2.45, 2.75) is 12.8 Å². The average molecular weight is 255 g/mol. The summed E-state index contributed by atoms with van der Waals surface area (Å²) >= 11 is 0. The fourth-order valence-corrected chi connectivity index (χ4v) is 1.32. The van der Waals surface area contributed by atoms with Gasteiger partial charge in [-0.3, -0.25) is 0 Å². The van der Waals surface area contributed by atoms with Crippen molar-refractivity contribution in [2.24, 2.45) is 0 Å². The van der Waals surface area contributed by atoms with Crippen molar-refractivity contribution in [3.05, 3.63) is 21.3 Å². The van der Waals surface area contributed by atoms with Gasteiger partial charge in [0.1, 0.15) is 0 Å². The van der Waals surface area contributed by atoms with Gasteiger partial charge in [0, 0.05) is 16.8 Å². The maximum Gasteiger partial charge on any atom is 0 e. The third-order valence-corrected chi connectivity index (χ3v) is 2.10. The molecular weight excluding hydrogens is 235 g/mol. The molecule has 0 aromatic rings. The zero-order chi connectivity index (χ0) is 9.90. The maximum absolute atomic E-state index is 4.38. The van der Waals surface area contributed by atoms with E-state index in [9.17, 15) is 0 Å². The van der Waals surface area contributed by atoms with Crippen LogP contribution < -0.4 is 0 Å². The molecule has 1 heterocycles. The molecule has 0 aliphatic carbocycles. The fraction of sp³-hybridized carbons (Fsp3) is 1.00. The Kier molecular flexibility index (Phi) is 12.7. The van der Waals surface area contributed by atoms with Crippen LogP contribution in [0, 0.1) is 0 Å². The summed E-state index contributed by atoms with van der Waals surface area (Å²) in [4.78, 5) is 0. The second-order valence-electron chi connectivity index (χ2n) is 3.39. The van der Waals surface area contributed by atoms with Crippen molar-refractivity contribution in [2.75, 3.05) is 52.4 Å². The van der Waals surface area contributed by atoms with Crippen molar-refractivity contribution in [3.8, 4) is 0 Å². The fourth-order valence-electron chi connectivity index (χ4n) is 1.32. The number of hydrogen-bond acceptors (Lipinski definition) is 0. The quantitative estimate of drug-likeness (QED) is 0.637. The monoisotopic (exact) mass is 255 g/mol. The van der Waals surface area contributed by atoms with Crippen LogP contribution in [0.1, 0.15) is 12.8 Å². The standard InChI is InChI=1S/C10H20N4.Co/c1-3-11-7-9-13-5-2-6-14-10-8-12-4-1;/h1-10H2;/q-4;. The van der Waals surface area contributed by atoms with Crippen molar-refractivity contribution in [3.63, 3.8) is 0 Å². The number of hydrogen-bond donors (Lipinski definition) is 0. The minimum absolute atomic E-state index is 0. The molecule has 1 radical (unpaired) electrons. The van der Waals surface area contributed by atoms with Crippen molar-refractivity contribution >= 4 is 0 Å². The molecule has 15 heavy (non-hydrogen) atoms. The van der Waals surface area contributed by atoms with E-state index in [0.717, 1.165) is 65.2 Å². The Morgan fingerprint density at radius 2 is 0.667 bits per heavy atom. The molecule has 1 aliphatic heterocycles. The molecule has 0 aromatic carbocycles. The molecule has 0 spiro atoms. The SMILES string of the molecule is C1C[N-]CC[N-]CCC[N-]CC[N-]C1.[Co]. The topological polar surface area (TPSA) is 56.4 Å². The summed E-state index contributed by atoms with van der Waals surface area (Å²) in [6, 6.07) is 0. The molecule has 4 nitrogen and oxygen atoms in total. The Bertz CT molecular complexity index is 70.7. The van der Waals surface area contributed by atoms with Crippen LogP contribution in [0.15, 0.2) is 0 Å². The molecule has 0 aromatic heterocycles. The third kappa shape index (κ3) is 10.6. The number of rotatable bonds is 0. The first-order valence-electron chi connectivity index (χ1n) is 5.53. The van der Waals surface area contributed by atoms with Crippen LogP contribution in [-0.2, 0) is 16.8 Å². The molecule has 1 aliphatic rings. The molecule has 0 bridgehead atoms. The van der Waals surface area contributed by atoms with Gasteiger partial charge in [0.05, 0.1) is 0 Å². The van der Waals surface area contributed by atoms with Gasteiger partial charge in [-0.15, -0.1) is 0 Å². The minimum atomic E-state index is 0. The molecule has 1 rings (SSSR count). The summed E-state index contributed by atoms with van der Waals surface area (Å²) in [5.41, 5.74) is 0. The van der Waals surface area contributed by atoms with Crippen molar-refractivity contribution in [1.29, 1.82) is 0 Å².